The molecule has 1 atom stereocenters. The van der Waals surface area contributed by atoms with Crippen molar-refractivity contribution < 1.29 is 33.4 Å². The number of aliphatic carboxylic acids is 1. The lowest BCUT2D eigenvalue weighted by Crippen LogP contribution is -2.43. The predicted molar refractivity (Wildman–Crippen MR) is 113 cm³/mol. The summed E-state index contributed by atoms with van der Waals surface area (Å²) in [6.07, 6.45) is 3.49. The number of benzene rings is 1. The summed E-state index contributed by atoms with van der Waals surface area (Å²) in [5.74, 6) is -1.03. The van der Waals surface area contributed by atoms with Gasteiger partial charge in [0, 0.05) is 18.7 Å². The second-order valence-electron chi connectivity index (χ2n) is 6.81. The normalized spacial score (nSPS) is 14.4. The van der Waals surface area contributed by atoms with E-state index < -0.39 is 24.5 Å². The largest absolute Gasteiger partial charge is 0.484 e. The third-order valence-electron chi connectivity index (χ3n) is 4.41. The highest BCUT2D eigenvalue weighted by Gasteiger charge is 2.28. The first kappa shape index (κ1) is 22.4. The molecule has 0 fully saturated rings. The number of nitrogens with two attached hydrogens (primary N) is 2. The summed E-state index contributed by atoms with van der Waals surface area (Å²) in [7, 11) is 0. The number of carbonyl (C=O) groups is 3. The topological polar surface area (TPSA) is 179 Å². The number of allylic oxidation sites excluding steroid dienone is 1. The van der Waals surface area contributed by atoms with Gasteiger partial charge in [0.1, 0.15) is 23.3 Å². The molecule has 0 bridgehead atoms. The summed E-state index contributed by atoms with van der Waals surface area (Å²) in [5.41, 5.74) is 10.8. The zero-order valence-corrected chi connectivity index (χ0v) is 16.9. The molecule has 6 N–H and O–H groups in total. The zero-order valence-electron chi connectivity index (χ0n) is 16.9. The highest BCUT2D eigenvalue weighted by atomic mass is 16.5. The molecule has 168 valence electrons. The van der Waals surface area contributed by atoms with Crippen LogP contribution in [0.15, 0.2) is 51.8 Å². The van der Waals surface area contributed by atoms with Gasteiger partial charge in [0.15, 0.2) is 18.3 Å². The van der Waals surface area contributed by atoms with Gasteiger partial charge >= 0.3 is 5.97 Å². The summed E-state index contributed by atoms with van der Waals surface area (Å²) >= 11 is 0. The molecule has 11 nitrogen and oxygen atoms in total. The number of furan rings is 1. The van der Waals surface area contributed by atoms with E-state index in [-0.39, 0.29) is 42.0 Å². The number of amides is 1. The van der Waals surface area contributed by atoms with Crippen molar-refractivity contribution in [3.63, 3.8) is 0 Å². The quantitative estimate of drug-likeness (QED) is 0.180. The number of aliphatic imine (C=N–C) groups is 1. The van der Waals surface area contributed by atoms with Crippen molar-refractivity contribution >= 4 is 29.7 Å². The molecule has 0 radical (unpaired) electrons. The molecule has 0 aliphatic carbocycles. The highest BCUT2D eigenvalue weighted by Crippen LogP contribution is 2.34. The Kier molecular flexibility index (Phi) is 7.11. The molecular formula is C21H22N4O7. The molecule has 1 unspecified atom stereocenters. The Morgan fingerprint density at radius 1 is 1.28 bits per heavy atom. The lowest BCUT2D eigenvalue weighted by molar-refractivity contribution is -0.142. The molecule has 1 aliphatic heterocycles. The van der Waals surface area contributed by atoms with Gasteiger partial charge in [0.25, 0.3) is 5.91 Å². The number of rotatable bonds is 10. The Bertz CT molecular complexity index is 1060. The summed E-state index contributed by atoms with van der Waals surface area (Å²) in [6.45, 7) is -0.164. The molecule has 32 heavy (non-hydrogen) atoms. The van der Waals surface area contributed by atoms with Gasteiger partial charge < -0.3 is 35.8 Å². The number of guanidine groups is 1. The van der Waals surface area contributed by atoms with E-state index in [9.17, 15) is 19.5 Å². The van der Waals surface area contributed by atoms with Crippen LogP contribution in [0.4, 0.5) is 0 Å². The SMILES string of the molecule is NC(N)=NCCCC(NC(=O)COc1ccc2c(c1)OC(=Cc1ccco1)C2=O)C(=O)O. The van der Waals surface area contributed by atoms with Crippen LogP contribution in [0.3, 0.4) is 0 Å². The van der Waals surface area contributed by atoms with Crippen molar-refractivity contribution in [1.82, 2.24) is 5.32 Å². The summed E-state index contributed by atoms with van der Waals surface area (Å²) < 4.78 is 16.2. The Morgan fingerprint density at radius 2 is 2.09 bits per heavy atom. The Morgan fingerprint density at radius 3 is 2.78 bits per heavy atom. The zero-order chi connectivity index (χ0) is 23.1. The molecular weight excluding hydrogens is 420 g/mol. The first-order valence-corrected chi connectivity index (χ1v) is 9.65. The maximum absolute atomic E-state index is 12.4. The number of carbonyl (C=O) groups excluding carboxylic acids is 2. The Balaban J connectivity index is 1.54. The van der Waals surface area contributed by atoms with Gasteiger partial charge in [-0.15, -0.1) is 0 Å². The first-order chi connectivity index (χ1) is 15.3. The third-order valence-corrected chi connectivity index (χ3v) is 4.41. The van der Waals surface area contributed by atoms with E-state index in [0.29, 0.717) is 17.7 Å². The second-order valence-corrected chi connectivity index (χ2v) is 6.81. The van der Waals surface area contributed by atoms with Gasteiger partial charge in [-0.1, -0.05) is 0 Å². The molecule has 0 saturated heterocycles. The van der Waals surface area contributed by atoms with Gasteiger partial charge in [-0.05, 0) is 37.1 Å². The van der Waals surface area contributed by atoms with E-state index in [4.69, 9.17) is 25.4 Å². The minimum absolute atomic E-state index is 0.0853. The number of carboxylic acid groups (broad SMARTS) is 1. The van der Waals surface area contributed by atoms with Crippen molar-refractivity contribution in [3.8, 4) is 11.5 Å². The maximum Gasteiger partial charge on any atom is 0.326 e. The van der Waals surface area contributed by atoms with E-state index in [0.717, 1.165) is 0 Å². The minimum Gasteiger partial charge on any atom is -0.484 e. The van der Waals surface area contributed by atoms with Crippen LogP contribution in [-0.4, -0.2) is 47.9 Å². The van der Waals surface area contributed by atoms with Gasteiger partial charge in [-0.2, -0.15) is 0 Å². The van der Waals surface area contributed by atoms with Gasteiger partial charge in [-0.3, -0.25) is 14.6 Å². The van der Waals surface area contributed by atoms with E-state index in [1.54, 1.807) is 12.1 Å². The fraction of sp³-hybridized carbons (Fsp3) is 0.238. The highest BCUT2D eigenvalue weighted by molar-refractivity contribution is 6.14. The number of nitrogens with one attached hydrogen (secondary N) is 1. The monoisotopic (exact) mass is 442 g/mol. The van der Waals surface area contributed by atoms with Crippen LogP contribution >= 0.6 is 0 Å². The van der Waals surface area contributed by atoms with Crippen LogP contribution in [0.1, 0.15) is 29.0 Å². The van der Waals surface area contributed by atoms with Crippen molar-refractivity contribution in [3.05, 3.63) is 53.7 Å². The van der Waals surface area contributed by atoms with E-state index in [1.165, 1.54) is 30.5 Å². The average molecular weight is 442 g/mol. The molecule has 11 heteroatoms. The van der Waals surface area contributed by atoms with E-state index in [2.05, 4.69) is 10.3 Å². The van der Waals surface area contributed by atoms with Crippen LogP contribution < -0.4 is 26.3 Å². The second kappa shape index (κ2) is 10.2. The van der Waals surface area contributed by atoms with Crippen LogP contribution in [0, 0.1) is 0 Å². The molecule has 1 aliphatic rings. The predicted octanol–water partition coefficient (Wildman–Crippen LogP) is 0.898. The smallest absolute Gasteiger partial charge is 0.326 e. The number of carboxylic acids is 1. The molecule has 1 aromatic carbocycles. The number of ketones is 1. The maximum atomic E-state index is 12.4. The Hall–Kier alpha value is -4.28. The number of nitrogens with zero attached hydrogens (tertiary/aromatic N) is 1. The van der Waals surface area contributed by atoms with Crippen molar-refractivity contribution in [2.24, 2.45) is 16.5 Å². The standard InChI is InChI=1S/C21H22N4O7/c22-21(23)24-7-1-4-15(20(28)29)25-18(26)11-31-13-5-6-14-16(9-13)32-17(19(14)27)10-12-3-2-8-30-12/h2-3,5-6,8-10,15H,1,4,7,11H2,(H,25,26)(H,28,29)(H4,22,23,24). The van der Waals surface area contributed by atoms with Gasteiger partial charge in [0.05, 0.1) is 11.8 Å². The average Bonchev–Trinajstić information content (AvgIpc) is 3.36. The molecule has 1 amide bonds. The minimum atomic E-state index is -1.18. The number of ether oxygens (including phenoxy) is 2. The fourth-order valence-electron chi connectivity index (χ4n) is 2.91. The third kappa shape index (κ3) is 5.88. The lowest BCUT2D eigenvalue weighted by atomic mass is 10.1. The fourth-order valence-corrected chi connectivity index (χ4v) is 2.91. The van der Waals surface area contributed by atoms with Crippen molar-refractivity contribution in [1.29, 1.82) is 0 Å². The number of hydrogen-bond acceptors (Lipinski definition) is 7. The van der Waals surface area contributed by atoms with Crippen molar-refractivity contribution in [2.45, 2.75) is 18.9 Å². The summed E-state index contributed by atoms with van der Waals surface area (Å²) in [4.78, 5) is 39.6. The van der Waals surface area contributed by atoms with Gasteiger partial charge in [0.2, 0.25) is 5.78 Å². The summed E-state index contributed by atoms with van der Waals surface area (Å²) in [6, 6.07) is 6.80. The molecule has 2 heterocycles. The lowest BCUT2D eigenvalue weighted by Gasteiger charge is -2.14. The molecule has 0 spiro atoms. The van der Waals surface area contributed by atoms with Gasteiger partial charge in [-0.25, -0.2) is 4.79 Å². The molecule has 1 aromatic heterocycles. The number of hydrogen-bond donors (Lipinski definition) is 4. The Labute approximate surface area is 182 Å². The summed E-state index contributed by atoms with van der Waals surface area (Å²) in [5, 5.41) is 11.6. The molecule has 0 saturated carbocycles. The van der Waals surface area contributed by atoms with Crippen LogP contribution in [0.25, 0.3) is 6.08 Å². The van der Waals surface area contributed by atoms with E-state index >= 15 is 0 Å². The number of fused-ring (bicyclic) bond motifs is 1. The number of Topliss-reactive ketones (excluding diaryl/α,β-unsaturated/α-hetero) is 1. The van der Waals surface area contributed by atoms with Crippen LogP contribution in [0.2, 0.25) is 0 Å². The first-order valence-electron chi connectivity index (χ1n) is 9.65. The molecule has 2 aromatic rings. The van der Waals surface area contributed by atoms with E-state index in [1.807, 2.05) is 0 Å². The van der Waals surface area contributed by atoms with Crippen LogP contribution in [-0.2, 0) is 9.59 Å². The van der Waals surface area contributed by atoms with Crippen LogP contribution in [0.5, 0.6) is 11.5 Å². The van der Waals surface area contributed by atoms with Crippen molar-refractivity contribution in [2.75, 3.05) is 13.2 Å². The molecule has 3 rings (SSSR count).